The zero-order valence-electron chi connectivity index (χ0n) is 8.73. The second-order valence-electron chi connectivity index (χ2n) is 3.76. The van der Waals surface area contributed by atoms with Crippen molar-refractivity contribution >= 4 is 0 Å². The van der Waals surface area contributed by atoms with E-state index in [1.165, 1.54) is 9.36 Å². The maximum Gasteiger partial charge on any atom is 0.194 e. The summed E-state index contributed by atoms with van der Waals surface area (Å²) in [6.07, 6.45) is -2.01. The number of fused-ring (bicyclic) bond motifs is 2. The van der Waals surface area contributed by atoms with Gasteiger partial charge in [0.2, 0.25) is 0 Å². The molecule has 0 radical (unpaired) electrons. The third-order valence-corrected chi connectivity index (χ3v) is 2.77. The molecule has 1 aliphatic rings. The third-order valence-electron chi connectivity index (χ3n) is 2.77. The van der Waals surface area contributed by atoms with Crippen LogP contribution in [0.15, 0.2) is 0 Å². The van der Waals surface area contributed by atoms with Crippen LogP contribution in [0.25, 0.3) is 0 Å². The lowest BCUT2D eigenvalue weighted by Gasteiger charge is -2.25. The average Bonchev–Trinajstić information content (AvgIpc) is 2.80. The van der Waals surface area contributed by atoms with Gasteiger partial charge in [0.15, 0.2) is 12.5 Å². The Balaban J connectivity index is 2.29. The van der Waals surface area contributed by atoms with Crippen molar-refractivity contribution in [3.05, 3.63) is 22.8 Å². The molecule has 0 spiro atoms. The normalized spacial score (nSPS) is 23.0. The molecular weight excluding hydrogens is 212 g/mol. The number of aryl methyl sites for hydroxylation is 2. The molecule has 3 heterocycles. The highest BCUT2D eigenvalue weighted by Crippen LogP contribution is 2.31. The fraction of sp³-hybridized carbons (Fsp3) is 0.500. The van der Waals surface area contributed by atoms with Crippen LogP contribution in [-0.2, 0) is 0 Å². The molecule has 0 saturated heterocycles. The second kappa shape index (κ2) is 2.86. The number of aliphatic hydroxyl groups excluding tert-OH is 2. The van der Waals surface area contributed by atoms with E-state index >= 15 is 0 Å². The molecule has 2 aromatic rings. The first-order valence-corrected chi connectivity index (χ1v) is 4.80. The van der Waals surface area contributed by atoms with Crippen LogP contribution in [0.4, 0.5) is 0 Å². The van der Waals surface area contributed by atoms with Gasteiger partial charge >= 0.3 is 0 Å². The van der Waals surface area contributed by atoms with Crippen molar-refractivity contribution in [1.82, 2.24) is 30.0 Å². The van der Waals surface area contributed by atoms with Crippen molar-refractivity contribution < 1.29 is 10.2 Å². The SMILES string of the molecule is Cc1nnn2c1C(O)n1nnc(C)c1C2O. The van der Waals surface area contributed by atoms with E-state index in [0.717, 1.165) is 0 Å². The summed E-state index contributed by atoms with van der Waals surface area (Å²) in [5.74, 6) is 0. The summed E-state index contributed by atoms with van der Waals surface area (Å²) in [4.78, 5) is 0. The zero-order valence-corrected chi connectivity index (χ0v) is 8.73. The Kier molecular flexibility index (Phi) is 1.69. The van der Waals surface area contributed by atoms with Crippen molar-refractivity contribution in [2.45, 2.75) is 26.3 Å². The van der Waals surface area contributed by atoms with Gasteiger partial charge in [-0.2, -0.15) is 0 Å². The van der Waals surface area contributed by atoms with E-state index in [4.69, 9.17) is 0 Å². The zero-order chi connectivity index (χ0) is 11.4. The molecule has 0 bridgehead atoms. The lowest BCUT2D eigenvalue weighted by atomic mass is 10.2. The van der Waals surface area contributed by atoms with Crippen LogP contribution in [0.1, 0.15) is 35.2 Å². The second-order valence-corrected chi connectivity index (χ2v) is 3.76. The lowest BCUT2D eigenvalue weighted by molar-refractivity contribution is 0.0405. The molecular formula is C8H10N6O2. The Bertz CT molecular complexity index is 509. The summed E-state index contributed by atoms with van der Waals surface area (Å²) >= 11 is 0. The van der Waals surface area contributed by atoms with E-state index in [-0.39, 0.29) is 0 Å². The first-order chi connectivity index (χ1) is 7.61. The minimum Gasteiger partial charge on any atom is -0.366 e. The van der Waals surface area contributed by atoms with Crippen LogP contribution >= 0.6 is 0 Å². The molecule has 2 aromatic heterocycles. The summed E-state index contributed by atoms with van der Waals surface area (Å²) in [7, 11) is 0. The largest absolute Gasteiger partial charge is 0.366 e. The van der Waals surface area contributed by atoms with E-state index in [1.54, 1.807) is 13.8 Å². The van der Waals surface area contributed by atoms with Crippen molar-refractivity contribution in [2.75, 3.05) is 0 Å². The topological polar surface area (TPSA) is 102 Å². The molecule has 3 rings (SSSR count). The smallest absolute Gasteiger partial charge is 0.194 e. The van der Waals surface area contributed by atoms with E-state index in [9.17, 15) is 10.2 Å². The minimum atomic E-state index is -1.01. The highest BCUT2D eigenvalue weighted by atomic mass is 16.3. The fourth-order valence-electron chi connectivity index (χ4n) is 1.96. The van der Waals surface area contributed by atoms with Crippen LogP contribution in [0.5, 0.6) is 0 Å². The number of hydrogen-bond donors (Lipinski definition) is 2. The average molecular weight is 222 g/mol. The van der Waals surface area contributed by atoms with Crippen LogP contribution in [0, 0.1) is 13.8 Å². The maximum atomic E-state index is 10.1. The number of aliphatic hydroxyl groups is 2. The van der Waals surface area contributed by atoms with E-state index in [2.05, 4.69) is 20.6 Å². The molecule has 0 aliphatic carbocycles. The summed E-state index contributed by atoms with van der Waals surface area (Å²) in [6.45, 7) is 3.42. The van der Waals surface area contributed by atoms with Gasteiger partial charge in [0, 0.05) is 0 Å². The van der Waals surface area contributed by atoms with Crippen LogP contribution < -0.4 is 0 Å². The lowest BCUT2D eigenvalue weighted by Crippen LogP contribution is -2.30. The number of hydrogen-bond acceptors (Lipinski definition) is 6. The van der Waals surface area contributed by atoms with Crippen molar-refractivity contribution in [3.8, 4) is 0 Å². The van der Waals surface area contributed by atoms with Gasteiger partial charge in [-0.3, -0.25) is 0 Å². The number of rotatable bonds is 0. The molecule has 8 nitrogen and oxygen atoms in total. The summed E-state index contributed by atoms with van der Waals surface area (Å²) in [5.41, 5.74) is 1.99. The highest BCUT2D eigenvalue weighted by Gasteiger charge is 2.35. The van der Waals surface area contributed by atoms with Gasteiger partial charge in [0.1, 0.15) is 11.4 Å². The van der Waals surface area contributed by atoms with Crippen LogP contribution in [-0.4, -0.2) is 40.2 Å². The van der Waals surface area contributed by atoms with Gasteiger partial charge in [0.25, 0.3) is 0 Å². The van der Waals surface area contributed by atoms with Crippen molar-refractivity contribution in [3.63, 3.8) is 0 Å². The van der Waals surface area contributed by atoms with Gasteiger partial charge in [-0.1, -0.05) is 10.4 Å². The number of nitrogens with zero attached hydrogens (tertiary/aromatic N) is 6. The Labute approximate surface area is 90.1 Å². The summed E-state index contributed by atoms with van der Waals surface area (Å²) in [5, 5.41) is 35.4. The molecule has 0 aromatic carbocycles. The molecule has 2 unspecified atom stereocenters. The van der Waals surface area contributed by atoms with Gasteiger partial charge in [-0.25, -0.2) is 9.36 Å². The van der Waals surface area contributed by atoms with Gasteiger partial charge in [-0.05, 0) is 13.8 Å². The van der Waals surface area contributed by atoms with Gasteiger partial charge in [-0.15, -0.1) is 10.2 Å². The maximum absolute atomic E-state index is 10.1. The van der Waals surface area contributed by atoms with Crippen LogP contribution in [0.3, 0.4) is 0 Å². The minimum absolute atomic E-state index is 0.435. The van der Waals surface area contributed by atoms with E-state index in [1.807, 2.05) is 0 Å². The molecule has 0 fully saturated rings. The Morgan fingerprint density at radius 2 is 1.25 bits per heavy atom. The molecule has 84 valence electrons. The Morgan fingerprint density at radius 1 is 0.875 bits per heavy atom. The molecule has 1 aliphatic heterocycles. The first kappa shape index (κ1) is 9.43. The van der Waals surface area contributed by atoms with Crippen molar-refractivity contribution in [1.29, 1.82) is 0 Å². The fourth-order valence-corrected chi connectivity index (χ4v) is 1.96. The highest BCUT2D eigenvalue weighted by molar-refractivity contribution is 5.23. The molecule has 8 heteroatoms. The van der Waals surface area contributed by atoms with E-state index < -0.39 is 12.5 Å². The monoisotopic (exact) mass is 222 g/mol. The molecule has 0 amide bonds. The Morgan fingerprint density at radius 3 is 1.62 bits per heavy atom. The summed E-state index contributed by atoms with van der Waals surface area (Å²) in [6, 6.07) is 0. The summed E-state index contributed by atoms with van der Waals surface area (Å²) < 4.78 is 2.57. The van der Waals surface area contributed by atoms with E-state index in [0.29, 0.717) is 22.8 Å². The standard InChI is InChI=1S/C8H10N6O2/c1-3-5-7(15)14-6(4(2)10-12-14)8(16)13(5)11-9-3/h7-8,15-16H,1-2H3. The predicted molar refractivity (Wildman–Crippen MR) is 50.2 cm³/mol. The van der Waals surface area contributed by atoms with Crippen molar-refractivity contribution in [2.24, 2.45) is 0 Å². The quantitative estimate of drug-likeness (QED) is 0.585. The van der Waals surface area contributed by atoms with Gasteiger partial charge in [0.05, 0.1) is 11.4 Å². The molecule has 2 atom stereocenters. The molecule has 16 heavy (non-hydrogen) atoms. The Hall–Kier alpha value is -1.80. The predicted octanol–water partition coefficient (Wildman–Crippen LogP) is -1.12. The molecule has 2 N–H and O–H groups in total. The van der Waals surface area contributed by atoms with Crippen LogP contribution in [0.2, 0.25) is 0 Å². The number of aromatic nitrogens is 6. The first-order valence-electron chi connectivity index (χ1n) is 4.80. The third kappa shape index (κ3) is 0.947. The van der Waals surface area contributed by atoms with Gasteiger partial charge < -0.3 is 10.2 Å². The molecule has 0 saturated carbocycles.